The zero-order valence-corrected chi connectivity index (χ0v) is 16.4. The summed E-state index contributed by atoms with van der Waals surface area (Å²) in [4.78, 5) is 25.1. The summed E-state index contributed by atoms with van der Waals surface area (Å²) in [6.07, 6.45) is 2.66. The zero-order valence-electron chi connectivity index (χ0n) is 15.7. The molecule has 6 heteroatoms. The second kappa shape index (κ2) is 8.90. The molecule has 1 fully saturated rings. The number of carbonyl (C=O) groups is 2. The molecule has 3 rings (SSSR count). The number of rotatable bonds is 4. The summed E-state index contributed by atoms with van der Waals surface area (Å²) < 4.78 is 0. The second-order valence-electron chi connectivity index (χ2n) is 7.18. The van der Waals surface area contributed by atoms with E-state index in [0.29, 0.717) is 42.0 Å². The fourth-order valence-corrected chi connectivity index (χ4v) is 3.66. The Labute approximate surface area is 169 Å². The van der Waals surface area contributed by atoms with Gasteiger partial charge in [-0.3, -0.25) is 9.59 Å². The largest absolute Gasteiger partial charge is 0.326 e. The summed E-state index contributed by atoms with van der Waals surface area (Å²) >= 11 is 6.01. The molecule has 144 valence electrons. The first-order chi connectivity index (χ1) is 13.5. The summed E-state index contributed by atoms with van der Waals surface area (Å²) in [5.74, 6) is -0.308. The van der Waals surface area contributed by atoms with Gasteiger partial charge in [0.05, 0.1) is 11.6 Å². The zero-order chi connectivity index (χ0) is 20.1. The van der Waals surface area contributed by atoms with E-state index < -0.39 is 0 Å². The van der Waals surface area contributed by atoms with Crippen molar-refractivity contribution in [2.75, 3.05) is 10.6 Å². The highest BCUT2D eigenvalue weighted by molar-refractivity contribution is 6.31. The van der Waals surface area contributed by atoms with E-state index in [1.807, 2.05) is 13.0 Å². The number of amides is 2. The molecule has 0 radical (unpaired) electrons. The molecule has 0 saturated heterocycles. The molecule has 28 heavy (non-hydrogen) atoms. The highest BCUT2D eigenvalue weighted by Crippen LogP contribution is 2.31. The van der Waals surface area contributed by atoms with Gasteiger partial charge < -0.3 is 10.6 Å². The van der Waals surface area contributed by atoms with Crippen LogP contribution < -0.4 is 10.6 Å². The Morgan fingerprint density at radius 2 is 1.64 bits per heavy atom. The van der Waals surface area contributed by atoms with Gasteiger partial charge in [0.15, 0.2) is 0 Å². The maximum Gasteiger partial charge on any atom is 0.227 e. The molecule has 0 atom stereocenters. The Hall–Kier alpha value is -2.84. The van der Waals surface area contributed by atoms with E-state index in [4.69, 9.17) is 16.9 Å². The van der Waals surface area contributed by atoms with Gasteiger partial charge >= 0.3 is 0 Å². The van der Waals surface area contributed by atoms with Crippen LogP contribution >= 0.6 is 11.6 Å². The molecule has 2 aromatic carbocycles. The monoisotopic (exact) mass is 395 g/mol. The third-order valence-corrected chi connectivity index (χ3v) is 5.42. The van der Waals surface area contributed by atoms with Crippen molar-refractivity contribution in [2.24, 2.45) is 11.8 Å². The van der Waals surface area contributed by atoms with Crippen molar-refractivity contribution in [3.63, 3.8) is 0 Å². The lowest BCUT2D eigenvalue weighted by atomic mass is 9.81. The minimum atomic E-state index is -0.123. The molecule has 0 aliphatic heterocycles. The third-order valence-electron chi connectivity index (χ3n) is 5.19. The molecule has 0 bridgehead atoms. The number of benzene rings is 2. The van der Waals surface area contributed by atoms with Crippen molar-refractivity contribution in [1.29, 1.82) is 5.26 Å². The molecule has 2 amide bonds. The highest BCUT2D eigenvalue weighted by atomic mass is 35.5. The Balaban J connectivity index is 1.53. The summed E-state index contributed by atoms with van der Waals surface area (Å²) in [6.45, 7) is 1.93. The molecular weight excluding hydrogens is 374 g/mol. The fourth-order valence-electron chi connectivity index (χ4n) is 3.49. The number of hydrogen-bond donors (Lipinski definition) is 2. The molecule has 5 nitrogen and oxygen atoms in total. The molecule has 0 heterocycles. The van der Waals surface area contributed by atoms with E-state index in [1.54, 1.807) is 36.4 Å². The molecule has 0 spiro atoms. The minimum absolute atomic E-state index is 0.0223. The van der Waals surface area contributed by atoms with Crippen molar-refractivity contribution in [2.45, 2.75) is 32.6 Å². The number of anilines is 2. The highest BCUT2D eigenvalue weighted by Gasteiger charge is 2.30. The molecular formula is C22H22ClN3O2. The maximum atomic E-state index is 12.6. The van der Waals surface area contributed by atoms with Crippen LogP contribution in [0.4, 0.5) is 11.4 Å². The molecule has 1 aliphatic rings. The molecule has 2 N–H and O–H groups in total. The maximum absolute atomic E-state index is 12.6. The Kier molecular flexibility index (Phi) is 6.33. The fraction of sp³-hybridized carbons (Fsp3) is 0.318. The first-order valence-corrected chi connectivity index (χ1v) is 9.72. The summed E-state index contributed by atoms with van der Waals surface area (Å²) in [6, 6.07) is 14.3. The Morgan fingerprint density at radius 3 is 2.29 bits per heavy atom. The van der Waals surface area contributed by atoms with Crippen LogP contribution in [0.15, 0.2) is 42.5 Å². The standard InChI is InChI=1S/C22H22ClN3O2/c1-14-5-10-18(23)12-20(14)26-22(28)17-8-6-16(7-9-17)21(27)25-19-4-2-3-15(11-19)13-24/h2-5,10-12,16-17H,6-9H2,1H3,(H,25,27)(H,26,28). The lowest BCUT2D eigenvalue weighted by Crippen LogP contribution is -2.32. The number of nitrogens with zero attached hydrogens (tertiary/aromatic N) is 1. The predicted molar refractivity (Wildman–Crippen MR) is 110 cm³/mol. The van der Waals surface area contributed by atoms with Gasteiger partial charge in [0.2, 0.25) is 11.8 Å². The Bertz CT molecular complexity index is 928. The third kappa shape index (κ3) is 4.90. The number of nitriles is 1. The van der Waals surface area contributed by atoms with Crippen molar-refractivity contribution in [1.82, 2.24) is 0 Å². The van der Waals surface area contributed by atoms with E-state index in [0.717, 1.165) is 11.3 Å². The normalized spacial score (nSPS) is 18.8. The summed E-state index contributed by atoms with van der Waals surface area (Å²) in [5.41, 5.74) is 2.83. The molecule has 1 aliphatic carbocycles. The molecule has 1 saturated carbocycles. The van der Waals surface area contributed by atoms with Gasteiger partial charge in [-0.15, -0.1) is 0 Å². The van der Waals surface area contributed by atoms with Crippen molar-refractivity contribution < 1.29 is 9.59 Å². The number of nitrogens with one attached hydrogen (secondary N) is 2. The van der Waals surface area contributed by atoms with E-state index in [9.17, 15) is 9.59 Å². The van der Waals surface area contributed by atoms with Crippen molar-refractivity contribution in [3.8, 4) is 6.07 Å². The lowest BCUT2D eigenvalue weighted by molar-refractivity contribution is -0.125. The number of halogens is 1. The van der Waals surface area contributed by atoms with Gasteiger partial charge in [0.1, 0.15) is 0 Å². The lowest BCUT2D eigenvalue weighted by Gasteiger charge is -2.27. The average molecular weight is 396 g/mol. The molecule has 0 unspecified atom stereocenters. The summed E-state index contributed by atoms with van der Waals surface area (Å²) in [7, 11) is 0. The Morgan fingerprint density at radius 1 is 1.00 bits per heavy atom. The van der Waals surface area contributed by atoms with Crippen LogP contribution in [0.2, 0.25) is 5.02 Å². The van der Waals surface area contributed by atoms with Crippen LogP contribution in [-0.4, -0.2) is 11.8 Å². The van der Waals surface area contributed by atoms with E-state index in [1.165, 1.54) is 0 Å². The smallest absolute Gasteiger partial charge is 0.227 e. The SMILES string of the molecule is Cc1ccc(Cl)cc1NC(=O)C1CCC(C(=O)Nc2cccc(C#N)c2)CC1. The predicted octanol–water partition coefficient (Wildman–Crippen LogP) is 4.90. The average Bonchev–Trinajstić information content (AvgIpc) is 2.71. The number of hydrogen-bond acceptors (Lipinski definition) is 3. The van der Waals surface area contributed by atoms with Crippen LogP contribution in [0.1, 0.15) is 36.8 Å². The van der Waals surface area contributed by atoms with Gasteiger partial charge in [0, 0.05) is 28.2 Å². The molecule has 0 aromatic heterocycles. The van der Waals surface area contributed by atoms with Gasteiger partial charge in [-0.05, 0) is 68.5 Å². The van der Waals surface area contributed by atoms with Crippen LogP contribution in [0, 0.1) is 30.1 Å². The first-order valence-electron chi connectivity index (χ1n) is 9.34. The van der Waals surface area contributed by atoms with Gasteiger partial charge in [-0.25, -0.2) is 0 Å². The van der Waals surface area contributed by atoms with Gasteiger partial charge in [-0.1, -0.05) is 23.7 Å². The van der Waals surface area contributed by atoms with Crippen LogP contribution in [0.25, 0.3) is 0 Å². The van der Waals surface area contributed by atoms with Crippen LogP contribution in [0.5, 0.6) is 0 Å². The van der Waals surface area contributed by atoms with Crippen molar-refractivity contribution >= 4 is 34.8 Å². The van der Waals surface area contributed by atoms with Crippen LogP contribution in [-0.2, 0) is 9.59 Å². The minimum Gasteiger partial charge on any atom is -0.326 e. The van der Waals surface area contributed by atoms with E-state index in [-0.39, 0.29) is 23.7 Å². The topological polar surface area (TPSA) is 82.0 Å². The van der Waals surface area contributed by atoms with E-state index in [2.05, 4.69) is 16.7 Å². The van der Waals surface area contributed by atoms with Crippen LogP contribution in [0.3, 0.4) is 0 Å². The van der Waals surface area contributed by atoms with Gasteiger partial charge in [-0.2, -0.15) is 5.26 Å². The molecule has 2 aromatic rings. The number of carbonyl (C=O) groups excluding carboxylic acids is 2. The van der Waals surface area contributed by atoms with Crippen molar-refractivity contribution in [3.05, 3.63) is 58.6 Å². The van der Waals surface area contributed by atoms with Gasteiger partial charge in [0.25, 0.3) is 0 Å². The summed E-state index contributed by atoms with van der Waals surface area (Å²) in [5, 5.41) is 15.4. The van der Waals surface area contributed by atoms with E-state index >= 15 is 0 Å². The second-order valence-corrected chi connectivity index (χ2v) is 7.62. The quantitative estimate of drug-likeness (QED) is 0.772. The first kappa shape index (κ1) is 19.9. The number of aryl methyl sites for hydroxylation is 1.